The van der Waals surface area contributed by atoms with Gasteiger partial charge in [0.1, 0.15) is 6.54 Å². The molecule has 0 saturated carbocycles. The van der Waals surface area contributed by atoms with Gasteiger partial charge in [-0.25, -0.2) is 4.79 Å². The molecular weight excluding hydrogens is 320 g/mol. The molecule has 1 aliphatic rings. The predicted octanol–water partition coefficient (Wildman–Crippen LogP) is -0.120. The van der Waals surface area contributed by atoms with Crippen molar-refractivity contribution in [3.05, 3.63) is 69.0 Å². The molecule has 1 saturated heterocycles. The van der Waals surface area contributed by atoms with E-state index in [4.69, 9.17) is 0 Å². The van der Waals surface area contributed by atoms with Crippen LogP contribution in [-0.2, 0) is 17.9 Å². The van der Waals surface area contributed by atoms with Crippen molar-refractivity contribution in [2.45, 2.75) is 19.5 Å². The lowest BCUT2D eigenvalue weighted by atomic mass is 10.2. The van der Waals surface area contributed by atoms with Gasteiger partial charge in [0, 0.05) is 31.9 Å². The summed E-state index contributed by atoms with van der Waals surface area (Å²) in [6.45, 7) is 2.99. The smallest absolute Gasteiger partial charge is 0.331 e. The Kier molecular flexibility index (Phi) is 5.45. The third kappa shape index (κ3) is 4.24. The van der Waals surface area contributed by atoms with Crippen molar-refractivity contribution >= 4 is 5.91 Å². The first-order valence-corrected chi connectivity index (χ1v) is 8.48. The summed E-state index contributed by atoms with van der Waals surface area (Å²) in [6.07, 6.45) is 2.35. The Hall–Kier alpha value is -2.67. The van der Waals surface area contributed by atoms with Crippen molar-refractivity contribution < 1.29 is 4.79 Å². The summed E-state index contributed by atoms with van der Waals surface area (Å²) >= 11 is 0. The van der Waals surface area contributed by atoms with E-state index in [1.165, 1.54) is 16.8 Å². The molecule has 3 rings (SSSR count). The van der Waals surface area contributed by atoms with E-state index < -0.39 is 11.2 Å². The number of aromatic nitrogens is 2. The Labute approximate surface area is 145 Å². The highest BCUT2D eigenvalue weighted by Gasteiger charge is 2.17. The Morgan fingerprint density at radius 1 is 1.04 bits per heavy atom. The zero-order chi connectivity index (χ0) is 17.6. The van der Waals surface area contributed by atoms with Gasteiger partial charge in [-0.1, -0.05) is 30.3 Å². The van der Waals surface area contributed by atoms with Crippen molar-refractivity contribution in [1.29, 1.82) is 0 Å². The van der Waals surface area contributed by atoms with Gasteiger partial charge in [-0.05, 0) is 18.5 Å². The molecule has 1 fully saturated rings. The van der Waals surface area contributed by atoms with E-state index in [-0.39, 0.29) is 12.5 Å². The monoisotopic (exact) mass is 342 g/mol. The van der Waals surface area contributed by atoms with Crippen molar-refractivity contribution in [1.82, 2.24) is 19.4 Å². The molecule has 0 bridgehead atoms. The van der Waals surface area contributed by atoms with Crippen LogP contribution in [0.2, 0.25) is 0 Å². The highest BCUT2D eigenvalue weighted by molar-refractivity contribution is 5.76. The van der Waals surface area contributed by atoms with E-state index in [0.29, 0.717) is 19.6 Å². The van der Waals surface area contributed by atoms with Crippen LogP contribution in [0, 0.1) is 0 Å². The van der Waals surface area contributed by atoms with Gasteiger partial charge in [0.2, 0.25) is 5.91 Å². The third-order valence-electron chi connectivity index (χ3n) is 4.32. The molecule has 1 aliphatic heterocycles. The van der Waals surface area contributed by atoms with E-state index in [9.17, 15) is 14.4 Å². The quantitative estimate of drug-likeness (QED) is 0.841. The molecule has 7 heteroatoms. The van der Waals surface area contributed by atoms with E-state index in [1.54, 1.807) is 4.90 Å². The van der Waals surface area contributed by atoms with Gasteiger partial charge in [-0.2, -0.15) is 0 Å². The topological polar surface area (TPSA) is 76.3 Å². The number of amides is 1. The molecule has 0 atom stereocenters. The molecule has 0 radical (unpaired) electrons. The van der Waals surface area contributed by atoms with Crippen molar-refractivity contribution in [3.63, 3.8) is 0 Å². The highest BCUT2D eigenvalue weighted by atomic mass is 16.2. The second-order valence-electron chi connectivity index (χ2n) is 6.12. The minimum atomic E-state index is -0.461. The molecule has 1 aromatic carbocycles. The normalized spacial score (nSPS) is 15.0. The molecule has 0 aliphatic carbocycles. The van der Waals surface area contributed by atoms with Crippen LogP contribution >= 0.6 is 0 Å². The Morgan fingerprint density at radius 3 is 2.64 bits per heavy atom. The van der Waals surface area contributed by atoms with E-state index in [0.717, 1.165) is 29.6 Å². The summed E-state index contributed by atoms with van der Waals surface area (Å²) in [6, 6.07) is 10.9. The standard InChI is InChI=1S/C18H22N4O3/c23-16-7-11-21(13-15-5-2-1-3-6-15)18(25)22(16)14-17(24)20-10-4-8-19-9-12-20/h1-3,5-7,11,19H,4,8-10,12-14H2. The van der Waals surface area contributed by atoms with Crippen LogP contribution in [0.1, 0.15) is 12.0 Å². The molecule has 2 aromatic rings. The van der Waals surface area contributed by atoms with Gasteiger partial charge in [-0.3, -0.25) is 18.7 Å². The van der Waals surface area contributed by atoms with E-state index >= 15 is 0 Å². The van der Waals surface area contributed by atoms with Crippen LogP contribution in [0.25, 0.3) is 0 Å². The van der Waals surface area contributed by atoms with Gasteiger partial charge < -0.3 is 10.2 Å². The van der Waals surface area contributed by atoms with Crippen molar-refractivity contribution in [2.24, 2.45) is 0 Å². The number of nitrogens with one attached hydrogen (secondary N) is 1. The maximum absolute atomic E-state index is 12.6. The maximum Gasteiger partial charge on any atom is 0.331 e. The van der Waals surface area contributed by atoms with Crippen LogP contribution < -0.4 is 16.6 Å². The number of hydrogen-bond acceptors (Lipinski definition) is 4. The lowest BCUT2D eigenvalue weighted by Crippen LogP contribution is -2.45. The summed E-state index contributed by atoms with van der Waals surface area (Å²) in [5.74, 6) is -0.194. The lowest BCUT2D eigenvalue weighted by Gasteiger charge is -2.20. The SMILES string of the molecule is O=C(Cn1c(=O)ccn(Cc2ccccc2)c1=O)N1CCCNCC1. The predicted molar refractivity (Wildman–Crippen MR) is 94.6 cm³/mol. The summed E-state index contributed by atoms with van der Waals surface area (Å²) < 4.78 is 2.47. The van der Waals surface area contributed by atoms with Gasteiger partial charge in [0.25, 0.3) is 5.56 Å². The van der Waals surface area contributed by atoms with Gasteiger partial charge in [0.05, 0.1) is 6.54 Å². The van der Waals surface area contributed by atoms with E-state index in [1.807, 2.05) is 30.3 Å². The molecule has 1 aromatic heterocycles. The number of benzene rings is 1. The van der Waals surface area contributed by atoms with Gasteiger partial charge in [-0.15, -0.1) is 0 Å². The fourth-order valence-electron chi connectivity index (χ4n) is 2.93. The van der Waals surface area contributed by atoms with Crippen molar-refractivity contribution in [3.8, 4) is 0 Å². The molecule has 2 heterocycles. The average molecular weight is 342 g/mol. The number of nitrogens with zero attached hydrogens (tertiary/aromatic N) is 3. The van der Waals surface area contributed by atoms with Gasteiger partial charge in [0.15, 0.2) is 0 Å². The minimum absolute atomic E-state index is 0.194. The fraction of sp³-hybridized carbons (Fsp3) is 0.389. The summed E-state index contributed by atoms with van der Waals surface area (Å²) in [5.41, 5.74) is 0.0491. The van der Waals surface area contributed by atoms with Crippen LogP contribution in [0.4, 0.5) is 0 Å². The summed E-state index contributed by atoms with van der Waals surface area (Å²) in [7, 11) is 0. The zero-order valence-corrected chi connectivity index (χ0v) is 14.1. The zero-order valence-electron chi connectivity index (χ0n) is 14.1. The maximum atomic E-state index is 12.6. The molecule has 7 nitrogen and oxygen atoms in total. The van der Waals surface area contributed by atoms with Crippen LogP contribution in [0.3, 0.4) is 0 Å². The number of rotatable bonds is 4. The minimum Gasteiger partial charge on any atom is -0.340 e. The highest BCUT2D eigenvalue weighted by Crippen LogP contribution is 2.00. The lowest BCUT2D eigenvalue weighted by molar-refractivity contribution is -0.131. The molecule has 0 unspecified atom stereocenters. The number of carbonyl (C=O) groups excluding carboxylic acids is 1. The molecule has 25 heavy (non-hydrogen) atoms. The Balaban J connectivity index is 1.81. The first-order valence-electron chi connectivity index (χ1n) is 8.48. The van der Waals surface area contributed by atoms with Crippen molar-refractivity contribution in [2.75, 3.05) is 26.2 Å². The number of hydrogen-bond donors (Lipinski definition) is 1. The van der Waals surface area contributed by atoms with Gasteiger partial charge >= 0.3 is 5.69 Å². The largest absolute Gasteiger partial charge is 0.340 e. The molecular formula is C18H22N4O3. The van der Waals surface area contributed by atoms with Crippen LogP contribution in [-0.4, -0.2) is 46.1 Å². The average Bonchev–Trinajstić information content (AvgIpc) is 2.91. The summed E-state index contributed by atoms with van der Waals surface area (Å²) in [5, 5.41) is 3.23. The summed E-state index contributed by atoms with van der Waals surface area (Å²) in [4.78, 5) is 38.9. The first-order chi connectivity index (χ1) is 12.1. The van der Waals surface area contributed by atoms with Crippen LogP contribution in [0.15, 0.2) is 52.2 Å². The second-order valence-corrected chi connectivity index (χ2v) is 6.12. The van der Waals surface area contributed by atoms with E-state index in [2.05, 4.69) is 5.32 Å². The molecule has 132 valence electrons. The first kappa shape index (κ1) is 17.2. The molecule has 1 N–H and O–H groups in total. The van der Waals surface area contributed by atoms with Crippen LogP contribution in [0.5, 0.6) is 0 Å². The molecule has 0 spiro atoms. The molecule has 1 amide bonds. The number of carbonyl (C=O) groups is 1. The Morgan fingerprint density at radius 2 is 1.84 bits per heavy atom. The second kappa shape index (κ2) is 7.94. The third-order valence-corrected chi connectivity index (χ3v) is 4.32. The fourth-order valence-corrected chi connectivity index (χ4v) is 2.93. The Bertz CT molecular complexity index is 833.